The van der Waals surface area contributed by atoms with Crippen LogP contribution in [0.1, 0.15) is 43.7 Å². The first-order chi connectivity index (χ1) is 16.4. The van der Waals surface area contributed by atoms with Crippen molar-refractivity contribution in [2.45, 2.75) is 38.1 Å². The molecule has 1 aliphatic heterocycles. The van der Waals surface area contributed by atoms with Gasteiger partial charge < -0.3 is 20.1 Å². The number of carboxylic acids is 1. The summed E-state index contributed by atoms with van der Waals surface area (Å²) in [5.74, 6) is -1.26. The Hall–Kier alpha value is -3.35. The summed E-state index contributed by atoms with van der Waals surface area (Å²) in [6, 6.07) is 16.3. The number of aliphatic carboxylic acids is 1. The van der Waals surface area contributed by atoms with Gasteiger partial charge in [0.05, 0.1) is 5.92 Å². The molecular weight excluding hydrogens is 432 g/mol. The molecule has 1 unspecified atom stereocenters. The van der Waals surface area contributed by atoms with Crippen LogP contribution in [-0.2, 0) is 14.3 Å². The molecule has 34 heavy (non-hydrogen) atoms. The highest BCUT2D eigenvalue weighted by atomic mass is 16.5. The van der Waals surface area contributed by atoms with Crippen LogP contribution in [0.25, 0.3) is 11.1 Å². The molecule has 0 spiro atoms. The van der Waals surface area contributed by atoms with Crippen LogP contribution >= 0.6 is 0 Å². The minimum Gasteiger partial charge on any atom is -0.481 e. The van der Waals surface area contributed by atoms with Gasteiger partial charge in [0.15, 0.2) is 0 Å². The number of nitrogens with one attached hydrogen (secondary N) is 1. The van der Waals surface area contributed by atoms with E-state index in [4.69, 9.17) is 4.74 Å². The fraction of sp³-hybridized carbons (Fsp3) is 0.444. The normalized spacial score (nSPS) is 22.5. The molecule has 7 heteroatoms. The van der Waals surface area contributed by atoms with E-state index in [9.17, 15) is 19.5 Å². The monoisotopic (exact) mass is 462 g/mol. The number of fused-ring (bicyclic) bond motifs is 4. The van der Waals surface area contributed by atoms with Crippen LogP contribution < -0.4 is 5.32 Å². The summed E-state index contributed by atoms with van der Waals surface area (Å²) in [5.41, 5.74) is 3.53. The fourth-order valence-electron chi connectivity index (χ4n) is 5.97. The third kappa shape index (κ3) is 3.54. The SMILES string of the molecule is CCC(CC)(NC(=O)OCC1c2ccccc2-c2ccccc21)C(=O)N1C[C@@H]2C(C(=O)O)[C@@H]2C1. The highest BCUT2D eigenvalue weighted by Crippen LogP contribution is 2.52. The summed E-state index contributed by atoms with van der Waals surface area (Å²) in [4.78, 5) is 39.3. The summed E-state index contributed by atoms with van der Waals surface area (Å²) >= 11 is 0. The third-order valence-electron chi connectivity index (χ3n) is 8.07. The lowest BCUT2D eigenvalue weighted by Gasteiger charge is -2.35. The second-order valence-electron chi connectivity index (χ2n) is 9.64. The first kappa shape index (κ1) is 22.4. The number of benzene rings is 2. The average molecular weight is 463 g/mol. The first-order valence-corrected chi connectivity index (χ1v) is 12.1. The second-order valence-corrected chi connectivity index (χ2v) is 9.64. The Balaban J connectivity index is 1.25. The van der Waals surface area contributed by atoms with Crippen molar-refractivity contribution in [2.24, 2.45) is 17.8 Å². The van der Waals surface area contributed by atoms with E-state index < -0.39 is 17.6 Å². The Morgan fingerprint density at radius 1 is 0.971 bits per heavy atom. The maximum absolute atomic E-state index is 13.4. The van der Waals surface area contributed by atoms with Crippen LogP contribution in [0.5, 0.6) is 0 Å². The molecule has 3 aliphatic rings. The van der Waals surface area contributed by atoms with Crippen molar-refractivity contribution in [3.8, 4) is 11.1 Å². The van der Waals surface area contributed by atoms with Gasteiger partial charge in [0.2, 0.25) is 5.91 Å². The van der Waals surface area contributed by atoms with Gasteiger partial charge in [-0.25, -0.2) is 4.79 Å². The van der Waals surface area contributed by atoms with Gasteiger partial charge in [-0.15, -0.1) is 0 Å². The number of hydrogen-bond donors (Lipinski definition) is 2. The summed E-state index contributed by atoms with van der Waals surface area (Å²) in [6.07, 6.45) is 0.258. The molecule has 2 fully saturated rings. The van der Waals surface area contributed by atoms with Crippen molar-refractivity contribution in [1.82, 2.24) is 10.2 Å². The van der Waals surface area contributed by atoms with Crippen molar-refractivity contribution in [3.05, 3.63) is 59.7 Å². The molecule has 1 saturated heterocycles. The molecule has 2 aromatic carbocycles. The second kappa shape index (κ2) is 8.46. The van der Waals surface area contributed by atoms with Crippen LogP contribution in [-0.4, -0.2) is 53.2 Å². The van der Waals surface area contributed by atoms with E-state index in [0.29, 0.717) is 25.9 Å². The first-order valence-electron chi connectivity index (χ1n) is 12.1. The number of nitrogens with zero attached hydrogens (tertiary/aromatic N) is 1. The lowest BCUT2D eigenvalue weighted by Crippen LogP contribution is -2.59. The van der Waals surface area contributed by atoms with Crippen molar-refractivity contribution < 1.29 is 24.2 Å². The number of amides is 2. The van der Waals surface area contributed by atoms with Gasteiger partial charge in [0, 0.05) is 19.0 Å². The molecule has 2 aromatic rings. The van der Waals surface area contributed by atoms with E-state index in [-0.39, 0.29) is 36.2 Å². The molecular formula is C27H30N2O5. The van der Waals surface area contributed by atoms with Crippen molar-refractivity contribution >= 4 is 18.0 Å². The van der Waals surface area contributed by atoms with Crippen LogP contribution in [0.15, 0.2) is 48.5 Å². The molecule has 2 N–H and O–H groups in total. The van der Waals surface area contributed by atoms with Gasteiger partial charge in [0.1, 0.15) is 12.1 Å². The molecule has 3 atom stereocenters. The van der Waals surface area contributed by atoms with Crippen LogP contribution in [0.4, 0.5) is 4.79 Å². The van der Waals surface area contributed by atoms with Gasteiger partial charge in [-0.2, -0.15) is 0 Å². The van der Waals surface area contributed by atoms with E-state index in [2.05, 4.69) is 29.6 Å². The van der Waals surface area contributed by atoms with Crippen LogP contribution in [0.3, 0.4) is 0 Å². The van der Waals surface area contributed by atoms with E-state index >= 15 is 0 Å². The summed E-state index contributed by atoms with van der Waals surface area (Å²) < 4.78 is 5.69. The number of rotatable bonds is 7. The standard InChI is InChI=1S/C27H30N2O5/c1-3-27(4-2,25(32)29-13-20-21(14-29)23(20)24(30)31)28-26(33)34-15-22-18-11-7-5-9-16(18)17-10-6-8-12-19(17)22/h5-12,20-23H,3-4,13-15H2,1-2H3,(H,28,33)(H,30,31)/t20-,21+,23?. The number of carbonyl (C=O) groups excluding carboxylic acids is 2. The molecule has 1 heterocycles. The molecule has 0 radical (unpaired) electrons. The van der Waals surface area contributed by atoms with Crippen LogP contribution in [0, 0.1) is 17.8 Å². The maximum atomic E-state index is 13.4. The number of piperidine rings is 1. The Bertz CT molecular complexity index is 1080. The summed E-state index contributed by atoms with van der Waals surface area (Å²) in [5, 5.41) is 12.1. The molecule has 0 bridgehead atoms. The van der Waals surface area contributed by atoms with E-state index in [1.807, 2.05) is 38.1 Å². The minimum atomic E-state index is -1.06. The van der Waals surface area contributed by atoms with Crippen molar-refractivity contribution in [3.63, 3.8) is 0 Å². The lowest BCUT2D eigenvalue weighted by molar-refractivity contribution is -0.142. The lowest BCUT2D eigenvalue weighted by atomic mass is 9.91. The quantitative estimate of drug-likeness (QED) is 0.651. The summed E-state index contributed by atoms with van der Waals surface area (Å²) in [7, 11) is 0. The summed E-state index contributed by atoms with van der Waals surface area (Å²) in [6.45, 7) is 4.82. The van der Waals surface area contributed by atoms with Gasteiger partial charge >= 0.3 is 12.1 Å². The third-order valence-corrected chi connectivity index (χ3v) is 8.07. The highest BCUT2D eigenvalue weighted by molar-refractivity contribution is 5.91. The molecule has 2 aliphatic carbocycles. The zero-order chi connectivity index (χ0) is 24.0. The van der Waals surface area contributed by atoms with Crippen molar-refractivity contribution in [1.29, 1.82) is 0 Å². The number of carbonyl (C=O) groups is 3. The van der Waals surface area contributed by atoms with Gasteiger partial charge in [0.25, 0.3) is 0 Å². The molecule has 5 rings (SSSR count). The number of hydrogen-bond acceptors (Lipinski definition) is 4. The Labute approximate surface area is 199 Å². The Morgan fingerprint density at radius 3 is 2.00 bits per heavy atom. The topological polar surface area (TPSA) is 95.9 Å². The molecule has 0 aromatic heterocycles. The highest BCUT2D eigenvalue weighted by Gasteiger charge is 2.61. The molecule has 7 nitrogen and oxygen atoms in total. The van der Waals surface area contributed by atoms with Gasteiger partial charge in [-0.1, -0.05) is 62.4 Å². The average Bonchev–Trinajstić information content (AvgIpc) is 3.21. The zero-order valence-electron chi connectivity index (χ0n) is 19.5. The zero-order valence-corrected chi connectivity index (χ0v) is 19.5. The van der Waals surface area contributed by atoms with E-state index in [1.54, 1.807) is 4.90 Å². The minimum absolute atomic E-state index is 0.0299. The number of carboxylic acid groups (broad SMARTS) is 1. The van der Waals surface area contributed by atoms with E-state index in [0.717, 1.165) is 22.3 Å². The maximum Gasteiger partial charge on any atom is 0.408 e. The molecule has 178 valence electrons. The largest absolute Gasteiger partial charge is 0.481 e. The Morgan fingerprint density at radius 2 is 1.50 bits per heavy atom. The van der Waals surface area contributed by atoms with Gasteiger partial charge in [-0.05, 0) is 46.9 Å². The fourth-order valence-corrected chi connectivity index (χ4v) is 5.97. The van der Waals surface area contributed by atoms with Crippen LogP contribution in [0.2, 0.25) is 0 Å². The molecule has 1 saturated carbocycles. The van der Waals surface area contributed by atoms with Gasteiger partial charge in [-0.3, -0.25) is 9.59 Å². The Kier molecular flexibility index (Phi) is 5.58. The smallest absolute Gasteiger partial charge is 0.408 e. The number of ether oxygens (including phenoxy) is 1. The molecule has 2 amide bonds. The number of likely N-dealkylation sites (tertiary alicyclic amines) is 1. The van der Waals surface area contributed by atoms with E-state index in [1.165, 1.54) is 0 Å². The predicted molar refractivity (Wildman–Crippen MR) is 126 cm³/mol. The predicted octanol–water partition coefficient (Wildman–Crippen LogP) is 3.87. The number of alkyl carbamates (subject to hydrolysis) is 1. The van der Waals surface area contributed by atoms with Crippen molar-refractivity contribution in [2.75, 3.05) is 19.7 Å².